The van der Waals surface area contributed by atoms with Crippen LogP contribution in [0.5, 0.6) is 0 Å². The third kappa shape index (κ3) is 45.9. The third-order valence-corrected chi connectivity index (χ3v) is 0.763. The maximum Gasteiger partial charge on any atom is 0 e. The van der Waals surface area contributed by atoms with Crippen LogP contribution in [0.3, 0.4) is 0 Å². The summed E-state index contributed by atoms with van der Waals surface area (Å²) in [7, 11) is 4.49. The van der Waals surface area contributed by atoms with E-state index in [-0.39, 0.29) is 21.1 Å². The van der Waals surface area contributed by atoms with Crippen molar-refractivity contribution in [3.63, 3.8) is 0 Å². The van der Waals surface area contributed by atoms with Crippen LogP contribution in [0.1, 0.15) is 29.1 Å². The van der Waals surface area contributed by atoms with Crippen LogP contribution in [0, 0.1) is 21.3 Å². The van der Waals surface area contributed by atoms with Crippen LogP contribution < -0.4 is 0 Å². The first-order chi connectivity index (χ1) is 5.81. The monoisotopic (exact) mass is 345 g/mol. The Hall–Kier alpha value is 0.648. The second-order valence-electron chi connectivity index (χ2n) is 1.30. The zero-order valence-corrected chi connectivity index (χ0v) is 12.3. The van der Waals surface area contributed by atoms with Gasteiger partial charge in [-0.25, -0.2) is 1.37 Å². The summed E-state index contributed by atoms with van der Waals surface area (Å²) in [5.41, 5.74) is 0. The van der Waals surface area contributed by atoms with Crippen molar-refractivity contribution in [2.24, 2.45) is 0 Å². The Morgan fingerprint density at radius 3 is 1.25 bits per heavy atom. The van der Waals surface area contributed by atoms with Crippen LogP contribution in [-0.2, 0) is 21.1 Å². The average molecular weight is 345 g/mol. The quantitative estimate of drug-likeness (QED) is 0.696. The SMILES string of the molecule is CC.CC.[2H][CH2-].[CH2-]CN(C)C[CH2-].[W]. The zero-order valence-electron chi connectivity index (χ0n) is 10.4. The minimum atomic E-state index is 0. The number of hydrogen-bond acceptors (Lipinski definition) is 1. The third-order valence-electron chi connectivity index (χ3n) is 0.763. The molecule has 0 aromatic carbocycles. The minimum Gasteiger partial charge on any atom is -0.365 e. The molecule has 0 rings (SSSR count). The van der Waals surface area contributed by atoms with Gasteiger partial charge in [0.15, 0.2) is 0 Å². The van der Waals surface area contributed by atoms with Gasteiger partial charge in [-0.05, 0) is 7.05 Å². The van der Waals surface area contributed by atoms with E-state index < -0.39 is 0 Å². The van der Waals surface area contributed by atoms with Gasteiger partial charge in [-0.3, -0.25) is 0 Å². The Morgan fingerprint density at radius 2 is 1.25 bits per heavy atom. The number of nitrogens with zero attached hydrogens (tertiary/aromatic N) is 1. The average Bonchev–Trinajstić information content (AvgIpc) is 2.25. The molecule has 0 aliphatic heterocycles. The molecule has 1 nitrogen and oxygen atoms in total. The summed E-state index contributed by atoms with van der Waals surface area (Å²) < 4.78 is 5.50. The molecule has 0 aromatic rings. The second-order valence-corrected chi connectivity index (χ2v) is 1.30. The molecule has 0 aromatic heterocycles. The van der Waals surface area contributed by atoms with Crippen LogP contribution >= 0.6 is 0 Å². The Morgan fingerprint density at radius 1 is 1.08 bits per heavy atom. The van der Waals surface area contributed by atoms with Gasteiger partial charge < -0.3 is 26.2 Å². The topological polar surface area (TPSA) is 3.24 Å². The minimum absolute atomic E-state index is 0. The molecule has 0 amide bonds. The van der Waals surface area contributed by atoms with Crippen molar-refractivity contribution in [2.45, 2.75) is 27.7 Å². The van der Waals surface area contributed by atoms with Gasteiger partial charge in [0.05, 0.1) is 0 Å². The molecule has 0 spiro atoms. The van der Waals surface area contributed by atoms with Crippen LogP contribution in [0.2, 0.25) is 0 Å². The van der Waals surface area contributed by atoms with Gasteiger partial charge in [0.25, 0.3) is 0 Å². The van der Waals surface area contributed by atoms with Crippen LogP contribution in [0.4, 0.5) is 0 Å². The van der Waals surface area contributed by atoms with Crippen LogP contribution in [0.15, 0.2) is 0 Å². The molecular weight excluding hydrogens is 318 g/mol. The number of hydrogen-bond donors (Lipinski definition) is 0. The summed E-state index contributed by atoms with van der Waals surface area (Å²) in [6.45, 7) is 17.0. The van der Waals surface area contributed by atoms with Crippen LogP contribution in [0.25, 0.3) is 0 Å². The Balaban J connectivity index is -0.0000000263. The maximum absolute atomic E-state index is 5.50. The molecule has 12 heavy (non-hydrogen) atoms. The zero-order chi connectivity index (χ0) is 11.0. The van der Waals surface area contributed by atoms with Gasteiger partial charge in [0, 0.05) is 21.1 Å². The first kappa shape index (κ1) is 22.9. The van der Waals surface area contributed by atoms with Gasteiger partial charge in [0.1, 0.15) is 0 Å². The first-order valence-corrected chi connectivity index (χ1v) is 4.08. The predicted molar refractivity (Wildman–Crippen MR) is 57.3 cm³/mol. The smallest absolute Gasteiger partial charge is 0 e. The summed E-state index contributed by atoms with van der Waals surface area (Å²) in [6, 6.07) is 0. The molecule has 0 aliphatic carbocycles. The van der Waals surface area contributed by atoms with Crippen molar-refractivity contribution in [3.05, 3.63) is 21.3 Å². The molecule has 80 valence electrons. The molecule has 0 aliphatic rings. The summed E-state index contributed by atoms with van der Waals surface area (Å²) in [5, 5.41) is 0. The standard InChI is InChI=1S/C5H11N.2C2H6.CH3.W/c1-4-6(3)5-2;2*1-2;;/h1-2,4-5H2,3H3;2*1-2H3;1H3;/q-2;;;-1;/i;;;1D;. The van der Waals surface area contributed by atoms with Crippen molar-refractivity contribution in [1.29, 1.82) is 0 Å². The van der Waals surface area contributed by atoms with E-state index in [2.05, 4.69) is 21.3 Å². The number of rotatable bonds is 2. The maximum atomic E-state index is 5.50. The molecule has 2 heteroatoms. The summed E-state index contributed by atoms with van der Waals surface area (Å²) in [5.74, 6) is 0. The Bertz CT molecular complexity index is 34.1. The fourth-order valence-corrected chi connectivity index (χ4v) is 0.112. The summed E-state index contributed by atoms with van der Waals surface area (Å²) in [6.07, 6.45) is 0. The van der Waals surface area contributed by atoms with Crippen molar-refractivity contribution < 1.29 is 22.4 Å². The van der Waals surface area contributed by atoms with Crippen molar-refractivity contribution in [1.82, 2.24) is 4.90 Å². The molecule has 0 bridgehead atoms. The van der Waals surface area contributed by atoms with E-state index in [1.54, 1.807) is 0 Å². The summed E-state index contributed by atoms with van der Waals surface area (Å²) in [4.78, 5) is 2.03. The summed E-state index contributed by atoms with van der Waals surface area (Å²) >= 11 is 0. The predicted octanol–water partition coefficient (Wildman–Crippen LogP) is 3.09. The van der Waals surface area contributed by atoms with E-state index >= 15 is 0 Å². The molecule has 0 fully saturated rings. The van der Waals surface area contributed by atoms with Crippen molar-refractivity contribution in [3.8, 4) is 0 Å². The largest absolute Gasteiger partial charge is 0.365 e. The molecule has 0 radical (unpaired) electrons. The van der Waals surface area contributed by atoms with E-state index in [1.165, 1.54) is 0 Å². The fraction of sp³-hybridized carbons (Fsp3) is 0.700. The van der Waals surface area contributed by atoms with Gasteiger partial charge >= 0.3 is 0 Å². The molecule has 0 heterocycles. The first-order valence-electron chi connectivity index (χ1n) is 4.79. The van der Waals surface area contributed by atoms with E-state index in [0.717, 1.165) is 13.1 Å². The van der Waals surface area contributed by atoms with Gasteiger partial charge in [-0.2, -0.15) is 0 Å². The van der Waals surface area contributed by atoms with Crippen molar-refractivity contribution in [2.75, 3.05) is 20.1 Å². The van der Waals surface area contributed by atoms with Gasteiger partial charge in [-0.1, -0.05) is 27.7 Å². The van der Waals surface area contributed by atoms with E-state index in [0.29, 0.717) is 0 Å². The Kier molecular flexibility index (Phi) is 79.2. The van der Waals surface area contributed by atoms with Crippen LogP contribution in [-0.4, -0.2) is 25.0 Å². The Labute approximate surface area is 96.6 Å². The van der Waals surface area contributed by atoms with E-state index in [1.807, 2.05) is 39.6 Å². The normalized spacial score (nSPS) is 6.58. The van der Waals surface area contributed by atoms with E-state index in [4.69, 9.17) is 1.37 Å². The van der Waals surface area contributed by atoms with Gasteiger partial charge in [0.2, 0.25) is 0 Å². The molecule has 0 unspecified atom stereocenters. The molecule has 0 N–H and O–H groups in total. The second kappa shape index (κ2) is 41.4. The van der Waals surface area contributed by atoms with Gasteiger partial charge in [-0.15, -0.1) is 13.1 Å². The molecule has 0 atom stereocenters. The molecule has 0 saturated heterocycles. The van der Waals surface area contributed by atoms with Crippen molar-refractivity contribution >= 4 is 0 Å². The fourth-order valence-electron chi connectivity index (χ4n) is 0.112. The molecular formula is C10H26NW-3. The molecule has 0 saturated carbocycles. The van der Waals surface area contributed by atoms with E-state index in [9.17, 15) is 0 Å².